The fourth-order valence-corrected chi connectivity index (χ4v) is 3.73. The van der Waals surface area contributed by atoms with Crippen LogP contribution in [0.15, 0.2) is 0 Å². The van der Waals surface area contributed by atoms with E-state index in [9.17, 15) is 4.79 Å². The molecule has 2 aliphatic carbocycles. The van der Waals surface area contributed by atoms with Crippen LogP contribution in [0.5, 0.6) is 0 Å². The van der Waals surface area contributed by atoms with E-state index in [1.807, 2.05) is 0 Å². The number of hydrogen-bond donors (Lipinski definition) is 1. The summed E-state index contributed by atoms with van der Waals surface area (Å²) in [5, 5.41) is 8.89. The summed E-state index contributed by atoms with van der Waals surface area (Å²) in [6.45, 7) is 0. The van der Waals surface area contributed by atoms with Gasteiger partial charge in [0.2, 0.25) is 0 Å². The summed E-state index contributed by atoms with van der Waals surface area (Å²) < 4.78 is 0. The monoisotopic (exact) mass is 210 g/mol. The smallest absolute Gasteiger partial charge is 0.303 e. The molecule has 2 aliphatic rings. The lowest BCUT2D eigenvalue weighted by Crippen LogP contribution is -2.23. The van der Waals surface area contributed by atoms with Crippen LogP contribution in [0.25, 0.3) is 0 Å². The molecule has 2 heteroatoms. The Kier molecular flexibility index (Phi) is 3.66. The second-order valence-corrected chi connectivity index (χ2v) is 5.35. The molecule has 0 aromatic rings. The third-order valence-electron chi connectivity index (χ3n) is 4.41. The first kappa shape index (κ1) is 11.0. The molecule has 2 saturated carbocycles. The molecule has 0 aromatic carbocycles. The van der Waals surface area contributed by atoms with E-state index in [0.717, 1.165) is 18.3 Å². The summed E-state index contributed by atoms with van der Waals surface area (Å²) in [7, 11) is 0. The SMILES string of the molecule is O=C(O)CC1CCCC1C1CCCCC1. The van der Waals surface area contributed by atoms with Crippen molar-refractivity contribution in [1.29, 1.82) is 0 Å². The van der Waals surface area contributed by atoms with Crippen molar-refractivity contribution >= 4 is 5.97 Å². The van der Waals surface area contributed by atoms with Crippen LogP contribution < -0.4 is 0 Å². The maximum Gasteiger partial charge on any atom is 0.303 e. The van der Waals surface area contributed by atoms with E-state index in [4.69, 9.17) is 5.11 Å². The third-order valence-corrected chi connectivity index (χ3v) is 4.41. The highest BCUT2D eigenvalue weighted by atomic mass is 16.4. The second kappa shape index (κ2) is 5.00. The Balaban J connectivity index is 1.91. The van der Waals surface area contributed by atoms with Crippen LogP contribution in [-0.4, -0.2) is 11.1 Å². The predicted molar refractivity (Wildman–Crippen MR) is 59.7 cm³/mol. The zero-order valence-corrected chi connectivity index (χ0v) is 9.45. The van der Waals surface area contributed by atoms with Crippen LogP contribution in [0.4, 0.5) is 0 Å². The highest BCUT2D eigenvalue weighted by molar-refractivity contribution is 5.67. The fourth-order valence-electron chi connectivity index (χ4n) is 3.73. The molecule has 1 N–H and O–H groups in total. The lowest BCUT2D eigenvalue weighted by atomic mass is 9.74. The van der Waals surface area contributed by atoms with Gasteiger partial charge in [-0.15, -0.1) is 0 Å². The number of rotatable bonds is 3. The summed E-state index contributed by atoms with van der Waals surface area (Å²) in [4.78, 5) is 10.8. The Morgan fingerprint density at radius 3 is 2.40 bits per heavy atom. The summed E-state index contributed by atoms with van der Waals surface area (Å²) in [5.41, 5.74) is 0. The topological polar surface area (TPSA) is 37.3 Å². The number of carboxylic acids is 1. The highest BCUT2D eigenvalue weighted by Crippen LogP contribution is 2.44. The maximum atomic E-state index is 10.8. The van der Waals surface area contributed by atoms with Crippen molar-refractivity contribution in [2.45, 2.75) is 57.8 Å². The summed E-state index contributed by atoms with van der Waals surface area (Å²) in [6, 6.07) is 0. The van der Waals surface area contributed by atoms with Crippen molar-refractivity contribution in [3.05, 3.63) is 0 Å². The molecule has 0 amide bonds. The summed E-state index contributed by atoms with van der Waals surface area (Å²) >= 11 is 0. The van der Waals surface area contributed by atoms with Gasteiger partial charge < -0.3 is 5.11 Å². The molecule has 0 saturated heterocycles. The molecule has 0 bridgehead atoms. The van der Waals surface area contributed by atoms with E-state index in [1.54, 1.807) is 0 Å². The van der Waals surface area contributed by atoms with E-state index >= 15 is 0 Å². The molecular weight excluding hydrogens is 188 g/mol. The van der Waals surface area contributed by atoms with Crippen LogP contribution in [0.3, 0.4) is 0 Å². The predicted octanol–water partition coefficient (Wildman–Crippen LogP) is 3.46. The fraction of sp³-hybridized carbons (Fsp3) is 0.923. The molecule has 0 radical (unpaired) electrons. The highest BCUT2D eigenvalue weighted by Gasteiger charge is 2.34. The van der Waals surface area contributed by atoms with Gasteiger partial charge >= 0.3 is 5.97 Å². The maximum absolute atomic E-state index is 10.8. The third kappa shape index (κ3) is 2.73. The average molecular weight is 210 g/mol. The van der Waals surface area contributed by atoms with Gasteiger partial charge in [0, 0.05) is 6.42 Å². The van der Waals surface area contributed by atoms with Crippen molar-refractivity contribution in [2.24, 2.45) is 17.8 Å². The number of aliphatic carboxylic acids is 1. The molecule has 2 fully saturated rings. The normalized spacial score (nSPS) is 33.1. The van der Waals surface area contributed by atoms with Gasteiger partial charge in [0.05, 0.1) is 0 Å². The zero-order valence-electron chi connectivity index (χ0n) is 9.45. The number of carbonyl (C=O) groups is 1. The number of carboxylic acid groups (broad SMARTS) is 1. The Morgan fingerprint density at radius 2 is 1.73 bits per heavy atom. The van der Waals surface area contributed by atoms with Crippen molar-refractivity contribution in [1.82, 2.24) is 0 Å². The minimum atomic E-state index is -0.595. The Labute approximate surface area is 92.1 Å². The Morgan fingerprint density at radius 1 is 1.00 bits per heavy atom. The molecule has 86 valence electrons. The van der Waals surface area contributed by atoms with Crippen LogP contribution in [0.2, 0.25) is 0 Å². The van der Waals surface area contributed by atoms with E-state index in [1.165, 1.54) is 44.9 Å². The molecule has 0 aromatic heterocycles. The molecule has 15 heavy (non-hydrogen) atoms. The summed E-state index contributed by atoms with van der Waals surface area (Å²) in [6.07, 6.45) is 11.0. The molecule has 2 rings (SSSR count). The van der Waals surface area contributed by atoms with E-state index in [-0.39, 0.29) is 0 Å². The zero-order chi connectivity index (χ0) is 10.7. The molecule has 2 atom stereocenters. The van der Waals surface area contributed by atoms with Crippen LogP contribution in [0, 0.1) is 17.8 Å². The lowest BCUT2D eigenvalue weighted by Gasteiger charge is -2.31. The van der Waals surface area contributed by atoms with Crippen molar-refractivity contribution in [3.63, 3.8) is 0 Å². The van der Waals surface area contributed by atoms with E-state index in [2.05, 4.69) is 0 Å². The van der Waals surface area contributed by atoms with Gasteiger partial charge in [-0.1, -0.05) is 38.5 Å². The minimum absolute atomic E-state index is 0.418. The largest absolute Gasteiger partial charge is 0.481 e. The first-order valence-electron chi connectivity index (χ1n) is 6.49. The van der Waals surface area contributed by atoms with Crippen LogP contribution >= 0.6 is 0 Å². The van der Waals surface area contributed by atoms with Crippen LogP contribution in [-0.2, 0) is 4.79 Å². The van der Waals surface area contributed by atoms with Gasteiger partial charge in [-0.3, -0.25) is 4.79 Å². The first-order chi connectivity index (χ1) is 7.27. The van der Waals surface area contributed by atoms with Gasteiger partial charge in [0.1, 0.15) is 0 Å². The van der Waals surface area contributed by atoms with Gasteiger partial charge in [-0.25, -0.2) is 0 Å². The quantitative estimate of drug-likeness (QED) is 0.774. The molecule has 0 spiro atoms. The Bertz CT molecular complexity index is 219. The molecule has 0 heterocycles. The van der Waals surface area contributed by atoms with Crippen molar-refractivity contribution in [3.8, 4) is 0 Å². The molecule has 0 aliphatic heterocycles. The first-order valence-corrected chi connectivity index (χ1v) is 6.49. The average Bonchev–Trinajstić information content (AvgIpc) is 2.66. The number of hydrogen-bond acceptors (Lipinski definition) is 1. The van der Waals surface area contributed by atoms with Gasteiger partial charge in [0.25, 0.3) is 0 Å². The van der Waals surface area contributed by atoms with E-state index in [0.29, 0.717) is 12.3 Å². The van der Waals surface area contributed by atoms with Gasteiger partial charge in [-0.2, -0.15) is 0 Å². The molecule has 2 nitrogen and oxygen atoms in total. The van der Waals surface area contributed by atoms with Crippen LogP contribution in [0.1, 0.15) is 57.8 Å². The summed E-state index contributed by atoms with van der Waals surface area (Å²) in [5.74, 6) is 1.49. The van der Waals surface area contributed by atoms with Gasteiger partial charge in [0.15, 0.2) is 0 Å². The van der Waals surface area contributed by atoms with Crippen molar-refractivity contribution in [2.75, 3.05) is 0 Å². The molecular formula is C13H22O2. The van der Waals surface area contributed by atoms with Gasteiger partial charge in [-0.05, 0) is 30.6 Å². The standard InChI is InChI=1S/C13H22O2/c14-13(15)9-11-7-4-8-12(11)10-5-2-1-3-6-10/h10-12H,1-9H2,(H,14,15). The Hall–Kier alpha value is -0.530. The second-order valence-electron chi connectivity index (χ2n) is 5.35. The van der Waals surface area contributed by atoms with Crippen molar-refractivity contribution < 1.29 is 9.90 Å². The van der Waals surface area contributed by atoms with E-state index < -0.39 is 5.97 Å². The molecule has 2 unspecified atom stereocenters. The minimum Gasteiger partial charge on any atom is -0.481 e. The lowest BCUT2D eigenvalue weighted by molar-refractivity contribution is -0.138.